The number of benzene rings is 1. The molecule has 2 N–H and O–H groups in total. The first-order valence-corrected chi connectivity index (χ1v) is 6.85. The lowest BCUT2D eigenvalue weighted by Crippen LogP contribution is -2.44. The molecular formula is C15H23FN2. The molecule has 2 rings (SSSR count). The number of nitrogens with two attached hydrogens (primary N) is 1. The van der Waals surface area contributed by atoms with Crippen LogP contribution in [0.1, 0.15) is 38.5 Å². The molecule has 0 amide bonds. The van der Waals surface area contributed by atoms with E-state index in [1.807, 2.05) is 24.1 Å². The van der Waals surface area contributed by atoms with Gasteiger partial charge in [0.15, 0.2) is 0 Å². The van der Waals surface area contributed by atoms with E-state index in [0.717, 1.165) is 25.8 Å². The molecule has 100 valence electrons. The molecule has 0 aliphatic heterocycles. The van der Waals surface area contributed by atoms with Gasteiger partial charge in [0.2, 0.25) is 0 Å². The van der Waals surface area contributed by atoms with E-state index in [2.05, 4.69) is 0 Å². The number of nitrogens with zero attached hydrogens (tertiary/aromatic N) is 1. The van der Waals surface area contributed by atoms with E-state index in [4.69, 9.17) is 5.73 Å². The van der Waals surface area contributed by atoms with Crippen molar-refractivity contribution >= 4 is 5.69 Å². The summed E-state index contributed by atoms with van der Waals surface area (Å²) in [5.74, 6) is -0.158. The molecule has 1 aliphatic carbocycles. The van der Waals surface area contributed by atoms with Crippen LogP contribution in [0.3, 0.4) is 0 Å². The summed E-state index contributed by atoms with van der Waals surface area (Å²) in [5.41, 5.74) is 7.04. The van der Waals surface area contributed by atoms with E-state index in [-0.39, 0.29) is 11.4 Å². The summed E-state index contributed by atoms with van der Waals surface area (Å²) in [6.45, 7) is 0.817. The van der Waals surface area contributed by atoms with Crippen molar-refractivity contribution < 1.29 is 4.39 Å². The predicted octanol–water partition coefficient (Wildman–Crippen LogP) is 3.31. The van der Waals surface area contributed by atoms with Gasteiger partial charge in [-0.1, -0.05) is 31.4 Å². The van der Waals surface area contributed by atoms with E-state index < -0.39 is 0 Å². The van der Waals surface area contributed by atoms with Gasteiger partial charge in [-0.25, -0.2) is 4.39 Å². The predicted molar refractivity (Wildman–Crippen MR) is 74.3 cm³/mol. The van der Waals surface area contributed by atoms with E-state index >= 15 is 0 Å². The molecule has 1 aromatic carbocycles. The van der Waals surface area contributed by atoms with Gasteiger partial charge in [0.05, 0.1) is 5.69 Å². The van der Waals surface area contributed by atoms with Crippen molar-refractivity contribution in [3.05, 3.63) is 30.1 Å². The SMILES string of the molecule is CN(CCC1(N)CCCCC1)c1ccccc1F. The molecule has 0 unspecified atom stereocenters. The molecule has 0 saturated heterocycles. The summed E-state index contributed by atoms with van der Waals surface area (Å²) in [6.07, 6.45) is 6.94. The van der Waals surface area contributed by atoms with Crippen molar-refractivity contribution in [1.29, 1.82) is 0 Å². The molecule has 18 heavy (non-hydrogen) atoms. The third-order valence-electron chi connectivity index (χ3n) is 4.06. The molecule has 1 saturated carbocycles. The van der Waals surface area contributed by atoms with Crippen LogP contribution in [0.15, 0.2) is 24.3 Å². The van der Waals surface area contributed by atoms with Gasteiger partial charge in [0.1, 0.15) is 5.82 Å². The van der Waals surface area contributed by atoms with Crippen molar-refractivity contribution in [3.8, 4) is 0 Å². The Kier molecular flexibility index (Phi) is 4.23. The third kappa shape index (κ3) is 3.22. The molecule has 1 aliphatic rings. The van der Waals surface area contributed by atoms with Gasteiger partial charge >= 0.3 is 0 Å². The molecule has 1 aromatic rings. The normalized spacial score (nSPS) is 18.6. The Labute approximate surface area is 109 Å². The second kappa shape index (κ2) is 5.70. The Morgan fingerprint density at radius 2 is 1.89 bits per heavy atom. The molecule has 0 atom stereocenters. The van der Waals surface area contributed by atoms with Crippen LogP contribution >= 0.6 is 0 Å². The van der Waals surface area contributed by atoms with Crippen molar-refractivity contribution in [2.24, 2.45) is 5.73 Å². The topological polar surface area (TPSA) is 29.3 Å². The first-order valence-electron chi connectivity index (χ1n) is 6.85. The van der Waals surface area contributed by atoms with Crippen LogP contribution in [0.5, 0.6) is 0 Å². The number of rotatable bonds is 4. The van der Waals surface area contributed by atoms with E-state index in [1.165, 1.54) is 25.3 Å². The Hall–Kier alpha value is -1.09. The average molecular weight is 250 g/mol. The van der Waals surface area contributed by atoms with Crippen LogP contribution in [0, 0.1) is 5.82 Å². The van der Waals surface area contributed by atoms with Crippen LogP contribution in [-0.2, 0) is 0 Å². The van der Waals surface area contributed by atoms with Gasteiger partial charge in [0, 0.05) is 19.1 Å². The lowest BCUT2D eigenvalue weighted by molar-refractivity contribution is 0.280. The summed E-state index contributed by atoms with van der Waals surface area (Å²) in [6, 6.07) is 6.91. The van der Waals surface area contributed by atoms with E-state index in [0.29, 0.717) is 5.69 Å². The molecule has 3 heteroatoms. The quantitative estimate of drug-likeness (QED) is 0.888. The van der Waals surface area contributed by atoms with Gasteiger partial charge in [0.25, 0.3) is 0 Å². The highest BCUT2D eigenvalue weighted by atomic mass is 19.1. The lowest BCUT2D eigenvalue weighted by Gasteiger charge is -2.35. The Morgan fingerprint density at radius 1 is 1.22 bits per heavy atom. The maximum atomic E-state index is 13.6. The zero-order valence-corrected chi connectivity index (χ0v) is 11.2. The smallest absolute Gasteiger partial charge is 0.146 e. The second-order valence-electron chi connectivity index (χ2n) is 5.55. The van der Waals surface area contributed by atoms with E-state index in [1.54, 1.807) is 6.07 Å². The Morgan fingerprint density at radius 3 is 2.56 bits per heavy atom. The van der Waals surface area contributed by atoms with E-state index in [9.17, 15) is 4.39 Å². The average Bonchev–Trinajstić information content (AvgIpc) is 2.38. The number of anilines is 1. The fourth-order valence-corrected chi connectivity index (χ4v) is 2.78. The summed E-state index contributed by atoms with van der Waals surface area (Å²) in [7, 11) is 1.94. The van der Waals surface area contributed by atoms with Crippen LogP contribution in [0.4, 0.5) is 10.1 Å². The standard InChI is InChI=1S/C15H23FN2/c1-18(14-8-4-3-7-13(14)16)12-11-15(17)9-5-2-6-10-15/h3-4,7-8H,2,5-6,9-12,17H2,1H3. The maximum Gasteiger partial charge on any atom is 0.146 e. The van der Waals surface area contributed by atoms with Gasteiger partial charge in [-0.3, -0.25) is 0 Å². The zero-order valence-electron chi connectivity index (χ0n) is 11.2. The van der Waals surface area contributed by atoms with Gasteiger partial charge in [-0.05, 0) is 31.4 Å². The highest BCUT2D eigenvalue weighted by Crippen LogP contribution is 2.29. The largest absolute Gasteiger partial charge is 0.372 e. The van der Waals surface area contributed by atoms with Crippen molar-refractivity contribution in [2.45, 2.75) is 44.1 Å². The summed E-state index contributed by atoms with van der Waals surface area (Å²) >= 11 is 0. The molecule has 0 radical (unpaired) electrons. The van der Waals surface area contributed by atoms with Crippen molar-refractivity contribution in [2.75, 3.05) is 18.5 Å². The molecule has 0 bridgehead atoms. The van der Waals surface area contributed by atoms with Gasteiger partial charge in [-0.2, -0.15) is 0 Å². The Bertz CT molecular complexity index is 386. The fourth-order valence-electron chi connectivity index (χ4n) is 2.78. The summed E-state index contributed by atoms with van der Waals surface area (Å²) in [5, 5.41) is 0. The number of hydrogen-bond acceptors (Lipinski definition) is 2. The molecule has 0 spiro atoms. The molecule has 1 fully saturated rings. The molecule has 0 aromatic heterocycles. The zero-order chi connectivity index (χ0) is 13.0. The van der Waals surface area contributed by atoms with Crippen LogP contribution < -0.4 is 10.6 Å². The van der Waals surface area contributed by atoms with Gasteiger partial charge < -0.3 is 10.6 Å². The number of hydrogen-bond donors (Lipinski definition) is 1. The highest BCUT2D eigenvalue weighted by Gasteiger charge is 2.27. The fraction of sp³-hybridized carbons (Fsp3) is 0.600. The van der Waals surface area contributed by atoms with Gasteiger partial charge in [-0.15, -0.1) is 0 Å². The molecule has 2 nitrogen and oxygen atoms in total. The number of halogens is 1. The van der Waals surface area contributed by atoms with Crippen molar-refractivity contribution in [3.63, 3.8) is 0 Å². The Balaban J connectivity index is 1.92. The van der Waals surface area contributed by atoms with Crippen LogP contribution in [-0.4, -0.2) is 19.1 Å². The van der Waals surface area contributed by atoms with Crippen LogP contribution in [0.25, 0.3) is 0 Å². The molecular weight excluding hydrogens is 227 g/mol. The highest BCUT2D eigenvalue weighted by molar-refractivity contribution is 5.46. The first kappa shape index (κ1) is 13.3. The lowest BCUT2D eigenvalue weighted by atomic mass is 9.80. The third-order valence-corrected chi connectivity index (χ3v) is 4.06. The first-order chi connectivity index (χ1) is 8.61. The van der Waals surface area contributed by atoms with Crippen molar-refractivity contribution in [1.82, 2.24) is 0 Å². The monoisotopic (exact) mass is 250 g/mol. The summed E-state index contributed by atoms with van der Waals surface area (Å²) < 4.78 is 13.6. The minimum atomic E-state index is -0.158. The second-order valence-corrected chi connectivity index (χ2v) is 5.55. The summed E-state index contributed by atoms with van der Waals surface area (Å²) in [4.78, 5) is 1.97. The minimum absolute atomic E-state index is 0.0300. The molecule has 0 heterocycles. The minimum Gasteiger partial charge on any atom is -0.372 e. The maximum absolute atomic E-state index is 13.6. The van der Waals surface area contributed by atoms with Crippen LogP contribution in [0.2, 0.25) is 0 Å². The number of para-hydroxylation sites is 1.